The maximum absolute atomic E-state index is 2.80. The fourth-order valence-electron chi connectivity index (χ4n) is 4.84. The van der Waals surface area contributed by atoms with E-state index in [9.17, 15) is 0 Å². The van der Waals surface area contributed by atoms with Crippen molar-refractivity contribution in [2.45, 2.75) is 64.3 Å². The van der Waals surface area contributed by atoms with E-state index < -0.39 is 0 Å². The Hall–Kier alpha value is -0.120. The predicted molar refractivity (Wildman–Crippen MR) is 94.3 cm³/mol. The van der Waals surface area contributed by atoms with Crippen LogP contribution in [0.1, 0.15) is 58.3 Å². The molecule has 0 atom stereocenters. The smallest absolute Gasteiger partial charge is 0.0121 e. The van der Waals surface area contributed by atoms with Gasteiger partial charge in [-0.3, -0.25) is 4.90 Å². The van der Waals surface area contributed by atoms with Crippen molar-refractivity contribution < 1.29 is 0 Å². The first-order chi connectivity index (χ1) is 10.8. The average molecular weight is 308 g/mol. The molecule has 128 valence electrons. The quantitative estimate of drug-likeness (QED) is 0.747. The molecule has 0 spiro atoms. The van der Waals surface area contributed by atoms with Crippen LogP contribution >= 0.6 is 0 Å². The fraction of sp³-hybridized carbons (Fsp3) is 1.00. The van der Waals surface area contributed by atoms with Gasteiger partial charge in [0.1, 0.15) is 0 Å². The Labute approximate surface area is 138 Å². The molecule has 2 aliphatic heterocycles. The van der Waals surface area contributed by atoms with Gasteiger partial charge in [0.25, 0.3) is 0 Å². The number of hydrogen-bond donors (Lipinski definition) is 0. The molecule has 0 aromatic heterocycles. The van der Waals surface area contributed by atoms with E-state index in [1.807, 2.05) is 0 Å². The van der Waals surface area contributed by atoms with Crippen molar-refractivity contribution in [1.82, 2.24) is 14.7 Å². The summed E-state index contributed by atoms with van der Waals surface area (Å²) < 4.78 is 0. The molecule has 0 radical (unpaired) electrons. The zero-order chi connectivity index (χ0) is 15.2. The predicted octanol–water partition coefficient (Wildman–Crippen LogP) is 3.06. The van der Waals surface area contributed by atoms with Gasteiger partial charge in [-0.15, -0.1) is 0 Å². The van der Waals surface area contributed by atoms with E-state index in [1.54, 1.807) is 0 Å². The second-order valence-electron chi connectivity index (χ2n) is 7.89. The van der Waals surface area contributed by atoms with Gasteiger partial charge >= 0.3 is 0 Å². The summed E-state index contributed by atoms with van der Waals surface area (Å²) in [6.45, 7) is 12.9. The maximum atomic E-state index is 2.80. The Morgan fingerprint density at radius 1 is 0.727 bits per heavy atom. The Morgan fingerprint density at radius 3 is 2.00 bits per heavy atom. The zero-order valence-corrected chi connectivity index (χ0v) is 14.8. The van der Waals surface area contributed by atoms with Gasteiger partial charge in [-0.2, -0.15) is 0 Å². The van der Waals surface area contributed by atoms with Crippen molar-refractivity contribution in [3.05, 3.63) is 0 Å². The zero-order valence-electron chi connectivity index (χ0n) is 14.8. The minimum atomic E-state index is 0.880. The topological polar surface area (TPSA) is 9.72 Å². The van der Waals surface area contributed by atoms with Gasteiger partial charge in [-0.25, -0.2) is 0 Å². The monoisotopic (exact) mass is 307 g/mol. The summed E-state index contributed by atoms with van der Waals surface area (Å²) in [5.41, 5.74) is 0. The molecule has 0 aromatic rings. The molecule has 3 nitrogen and oxygen atoms in total. The Bertz CT molecular complexity index is 298. The van der Waals surface area contributed by atoms with E-state index in [0.29, 0.717) is 0 Å². The van der Waals surface area contributed by atoms with Crippen LogP contribution in [0.3, 0.4) is 0 Å². The average Bonchev–Trinajstić information content (AvgIpc) is 3.08. The molecule has 1 aliphatic carbocycles. The maximum Gasteiger partial charge on any atom is 0.0121 e. The Balaban J connectivity index is 1.31. The molecular weight excluding hydrogens is 270 g/mol. The number of piperidine rings is 1. The standard InChI is InChI=1S/C19H37N3/c1-2-10-20-12-8-19(9-13-20)22-16-14-21(15-17-22)11-7-18-5-3-4-6-18/h18-19H,2-17H2,1H3. The highest BCUT2D eigenvalue weighted by molar-refractivity contribution is 4.83. The van der Waals surface area contributed by atoms with Crippen LogP contribution in [-0.4, -0.2) is 73.1 Å². The number of nitrogens with zero attached hydrogens (tertiary/aromatic N) is 3. The highest BCUT2D eigenvalue weighted by Gasteiger charge is 2.27. The van der Waals surface area contributed by atoms with E-state index in [1.165, 1.54) is 104 Å². The van der Waals surface area contributed by atoms with E-state index >= 15 is 0 Å². The van der Waals surface area contributed by atoms with Gasteiger partial charge in [0, 0.05) is 32.2 Å². The molecule has 0 bridgehead atoms. The second-order valence-corrected chi connectivity index (χ2v) is 7.89. The minimum Gasteiger partial charge on any atom is -0.303 e. The second kappa shape index (κ2) is 8.65. The third kappa shape index (κ3) is 4.69. The first-order valence-corrected chi connectivity index (χ1v) is 10.0. The lowest BCUT2D eigenvalue weighted by Crippen LogP contribution is -2.53. The summed E-state index contributed by atoms with van der Waals surface area (Å²) in [6.07, 6.45) is 11.6. The van der Waals surface area contributed by atoms with Crippen LogP contribution in [-0.2, 0) is 0 Å². The molecule has 3 heteroatoms. The molecule has 2 saturated heterocycles. The van der Waals surface area contributed by atoms with Crippen molar-refractivity contribution in [3.8, 4) is 0 Å². The summed E-state index contributed by atoms with van der Waals surface area (Å²) >= 11 is 0. The third-order valence-electron chi connectivity index (χ3n) is 6.35. The summed E-state index contributed by atoms with van der Waals surface area (Å²) in [5, 5.41) is 0. The van der Waals surface area contributed by atoms with Crippen LogP contribution < -0.4 is 0 Å². The van der Waals surface area contributed by atoms with Crippen LogP contribution in [0.4, 0.5) is 0 Å². The number of hydrogen-bond acceptors (Lipinski definition) is 3. The molecule has 0 N–H and O–H groups in total. The van der Waals surface area contributed by atoms with Gasteiger partial charge in [-0.1, -0.05) is 32.6 Å². The molecule has 3 fully saturated rings. The van der Waals surface area contributed by atoms with Gasteiger partial charge < -0.3 is 9.80 Å². The fourth-order valence-corrected chi connectivity index (χ4v) is 4.84. The summed E-state index contributed by atoms with van der Waals surface area (Å²) in [7, 11) is 0. The highest BCUT2D eigenvalue weighted by Crippen LogP contribution is 2.28. The van der Waals surface area contributed by atoms with Crippen molar-refractivity contribution in [2.24, 2.45) is 5.92 Å². The molecule has 3 rings (SSSR count). The van der Waals surface area contributed by atoms with Gasteiger partial charge in [0.15, 0.2) is 0 Å². The summed E-state index contributed by atoms with van der Waals surface area (Å²) in [4.78, 5) is 8.20. The highest BCUT2D eigenvalue weighted by atomic mass is 15.3. The van der Waals surface area contributed by atoms with Gasteiger partial charge in [-0.05, 0) is 57.8 Å². The molecule has 0 amide bonds. The van der Waals surface area contributed by atoms with Crippen molar-refractivity contribution in [1.29, 1.82) is 0 Å². The van der Waals surface area contributed by atoms with E-state index in [-0.39, 0.29) is 0 Å². The molecule has 1 saturated carbocycles. The molecule has 0 aromatic carbocycles. The third-order valence-corrected chi connectivity index (χ3v) is 6.35. The number of rotatable bonds is 6. The summed E-state index contributed by atoms with van der Waals surface area (Å²) in [5.74, 6) is 1.06. The van der Waals surface area contributed by atoms with E-state index in [4.69, 9.17) is 0 Å². The molecular formula is C19H37N3. The van der Waals surface area contributed by atoms with Crippen LogP contribution in [0, 0.1) is 5.92 Å². The van der Waals surface area contributed by atoms with Crippen LogP contribution in [0.2, 0.25) is 0 Å². The van der Waals surface area contributed by atoms with Gasteiger partial charge in [0.05, 0.1) is 0 Å². The molecule has 22 heavy (non-hydrogen) atoms. The number of piperazine rings is 1. The van der Waals surface area contributed by atoms with Crippen molar-refractivity contribution in [3.63, 3.8) is 0 Å². The van der Waals surface area contributed by atoms with Crippen LogP contribution in [0.5, 0.6) is 0 Å². The van der Waals surface area contributed by atoms with Crippen LogP contribution in [0.15, 0.2) is 0 Å². The van der Waals surface area contributed by atoms with Crippen LogP contribution in [0.25, 0.3) is 0 Å². The lowest BCUT2D eigenvalue weighted by molar-refractivity contribution is 0.0574. The largest absolute Gasteiger partial charge is 0.303 e. The molecule has 2 heterocycles. The van der Waals surface area contributed by atoms with E-state index in [0.717, 1.165) is 12.0 Å². The van der Waals surface area contributed by atoms with Gasteiger partial charge in [0.2, 0.25) is 0 Å². The van der Waals surface area contributed by atoms with Crippen molar-refractivity contribution >= 4 is 0 Å². The minimum absolute atomic E-state index is 0.880. The van der Waals surface area contributed by atoms with Crippen molar-refractivity contribution in [2.75, 3.05) is 52.4 Å². The first-order valence-electron chi connectivity index (χ1n) is 10.0. The molecule has 0 unspecified atom stereocenters. The molecule has 3 aliphatic rings. The Kier molecular flexibility index (Phi) is 6.58. The van der Waals surface area contributed by atoms with E-state index in [2.05, 4.69) is 21.6 Å². The Morgan fingerprint density at radius 2 is 1.36 bits per heavy atom. The normalized spacial score (nSPS) is 27.7. The summed E-state index contributed by atoms with van der Waals surface area (Å²) in [6, 6.07) is 0.880. The lowest BCUT2D eigenvalue weighted by Gasteiger charge is -2.43. The first kappa shape index (κ1) is 16.7. The number of likely N-dealkylation sites (tertiary alicyclic amines) is 1. The lowest BCUT2D eigenvalue weighted by atomic mass is 10.0. The SMILES string of the molecule is CCCN1CCC(N2CCN(CCC3CCCC3)CC2)CC1.